The summed E-state index contributed by atoms with van der Waals surface area (Å²) < 4.78 is 1.92. The van der Waals surface area contributed by atoms with Crippen LogP contribution in [0.2, 0.25) is 10.0 Å². The fourth-order valence-corrected chi connectivity index (χ4v) is 2.17. The summed E-state index contributed by atoms with van der Waals surface area (Å²) in [5, 5.41) is 3.96. The summed E-state index contributed by atoms with van der Waals surface area (Å²) in [6.45, 7) is 0.646. The van der Waals surface area contributed by atoms with Crippen molar-refractivity contribution in [2.75, 3.05) is 6.54 Å². The van der Waals surface area contributed by atoms with E-state index in [4.69, 9.17) is 28.9 Å². The smallest absolute Gasteiger partial charge is 0.231 e. The Labute approximate surface area is 121 Å². The van der Waals surface area contributed by atoms with Crippen LogP contribution in [0, 0.1) is 0 Å². The summed E-state index contributed by atoms with van der Waals surface area (Å²) in [6, 6.07) is 9.29. The summed E-state index contributed by atoms with van der Waals surface area (Å²) in [4.78, 5) is 10.7. The Kier molecular flexibility index (Phi) is 4.47. The fourth-order valence-electron chi connectivity index (χ4n) is 1.79. The first kappa shape index (κ1) is 13.9. The largest absolute Gasteiger partial charge is 0.369 e. The third-order valence-corrected chi connectivity index (χ3v) is 3.44. The molecule has 0 saturated heterocycles. The minimum absolute atomic E-state index is 0.133. The monoisotopic (exact) mass is 297 g/mol. The van der Waals surface area contributed by atoms with Crippen molar-refractivity contribution in [3.8, 4) is 5.69 Å². The van der Waals surface area contributed by atoms with E-state index in [-0.39, 0.29) is 12.5 Å². The van der Waals surface area contributed by atoms with Gasteiger partial charge in [0.1, 0.15) is 0 Å². The van der Waals surface area contributed by atoms with Gasteiger partial charge >= 0.3 is 0 Å². The lowest BCUT2D eigenvalue weighted by atomic mass is 10.3. The van der Waals surface area contributed by atoms with Crippen LogP contribution in [0.25, 0.3) is 5.69 Å². The number of hydrogen-bond donors (Lipinski definition) is 2. The molecule has 2 rings (SSSR count). The van der Waals surface area contributed by atoms with Crippen molar-refractivity contribution in [3.63, 3.8) is 0 Å². The molecule has 1 heterocycles. The Bertz CT molecular complexity index is 595. The van der Waals surface area contributed by atoms with Gasteiger partial charge in [-0.25, -0.2) is 0 Å². The number of primary amides is 1. The van der Waals surface area contributed by atoms with Gasteiger partial charge < -0.3 is 15.6 Å². The average molecular weight is 298 g/mol. The van der Waals surface area contributed by atoms with Crippen molar-refractivity contribution >= 4 is 29.1 Å². The molecule has 0 fully saturated rings. The predicted octanol–water partition coefficient (Wildman–Crippen LogP) is 2.36. The van der Waals surface area contributed by atoms with E-state index in [1.165, 1.54) is 0 Å². The molecule has 0 aliphatic carbocycles. The molecular weight excluding hydrogens is 285 g/mol. The van der Waals surface area contributed by atoms with Gasteiger partial charge in [0.2, 0.25) is 5.91 Å². The minimum Gasteiger partial charge on any atom is -0.369 e. The lowest BCUT2D eigenvalue weighted by molar-refractivity contribution is -0.117. The van der Waals surface area contributed by atoms with Gasteiger partial charge in [-0.2, -0.15) is 0 Å². The molecule has 0 radical (unpaired) electrons. The van der Waals surface area contributed by atoms with E-state index in [2.05, 4.69) is 5.32 Å². The molecule has 19 heavy (non-hydrogen) atoms. The number of benzene rings is 1. The zero-order valence-corrected chi connectivity index (χ0v) is 11.6. The second-order valence-corrected chi connectivity index (χ2v) is 4.80. The summed E-state index contributed by atoms with van der Waals surface area (Å²) >= 11 is 12.2. The standard InChI is InChI=1S/C13H13Cl2N3O/c14-10-4-1-5-11(13(10)15)18-6-2-3-9(18)7-17-8-12(16)19/h1-6,17H,7-8H2,(H2,16,19). The van der Waals surface area contributed by atoms with Crippen LogP contribution in [0.15, 0.2) is 36.5 Å². The number of halogens is 2. The first-order valence-corrected chi connectivity index (χ1v) is 6.45. The maximum Gasteiger partial charge on any atom is 0.231 e. The molecule has 3 N–H and O–H groups in total. The second kappa shape index (κ2) is 6.10. The quantitative estimate of drug-likeness (QED) is 0.890. The predicted molar refractivity (Wildman–Crippen MR) is 76.7 cm³/mol. The molecule has 100 valence electrons. The van der Waals surface area contributed by atoms with Crippen LogP contribution in [0.3, 0.4) is 0 Å². The van der Waals surface area contributed by atoms with Crippen LogP contribution in [-0.4, -0.2) is 17.0 Å². The molecule has 1 aromatic heterocycles. The van der Waals surface area contributed by atoms with E-state index >= 15 is 0 Å². The molecule has 0 aliphatic heterocycles. The topological polar surface area (TPSA) is 60.1 Å². The number of nitrogens with two attached hydrogens (primary N) is 1. The third-order valence-electron chi connectivity index (χ3n) is 2.63. The van der Waals surface area contributed by atoms with Crippen LogP contribution < -0.4 is 11.1 Å². The zero-order chi connectivity index (χ0) is 13.8. The fraction of sp³-hybridized carbons (Fsp3) is 0.154. The third kappa shape index (κ3) is 3.29. The molecule has 1 amide bonds. The van der Waals surface area contributed by atoms with Gasteiger partial charge in [-0.05, 0) is 24.3 Å². The van der Waals surface area contributed by atoms with Crippen LogP contribution >= 0.6 is 23.2 Å². The van der Waals surface area contributed by atoms with E-state index in [9.17, 15) is 4.79 Å². The molecule has 6 heteroatoms. The highest BCUT2D eigenvalue weighted by atomic mass is 35.5. The molecule has 0 spiro atoms. The highest BCUT2D eigenvalue weighted by Crippen LogP contribution is 2.29. The Morgan fingerprint density at radius 2 is 2.05 bits per heavy atom. The molecule has 0 unspecified atom stereocenters. The van der Waals surface area contributed by atoms with E-state index in [0.29, 0.717) is 16.6 Å². The van der Waals surface area contributed by atoms with Gasteiger partial charge in [0.25, 0.3) is 0 Å². The average Bonchev–Trinajstić information content (AvgIpc) is 2.80. The maximum atomic E-state index is 10.7. The van der Waals surface area contributed by atoms with Gasteiger partial charge in [0.05, 0.1) is 22.3 Å². The molecule has 0 atom stereocenters. The minimum atomic E-state index is -0.390. The lowest BCUT2D eigenvalue weighted by Crippen LogP contribution is -2.28. The van der Waals surface area contributed by atoms with Crippen molar-refractivity contribution in [2.24, 2.45) is 5.73 Å². The molecule has 1 aromatic carbocycles. The number of carbonyl (C=O) groups excluding carboxylic acids is 1. The highest BCUT2D eigenvalue weighted by molar-refractivity contribution is 6.43. The zero-order valence-electron chi connectivity index (χ0n) is 10.1. The van der Waals surface area contributed by atoms with Gasteiger partial charge in [-0.3, -0.25) is 4.79 Å². The molecule has 0 bridgehead atoms. The van der Waals surface area contributed by atoms with E-state index in [1.807, 2.05) is 35.0 Å². The summed E-state index contributed by atoms with van der Waals surface area (Å²) in [6.07, 6.45) is 1.89. The summed E-state index contributed by atoms with van der Waals surface area (Å²) in [5.74, 6) is -0.390. The molecular formula is C13H13Cl2N3O. The SMILES string of the molecule is NC(=O)CNCc1cccn1-c1cccc(Cl)c1Cl. The van der Waals surface area contributed by atoms with Gasteiger partial charge in [0.15, 0.2) is 0 Å². The number of amides is 1. The van der Waals surface area contributed by atoms with Crippen LogP contribution in [0.5, 0.6) is 0 Å². The second-order valence-electron chi connectivity index (χ2n) is 4.01. The van der Waals surface area contributed by atoms with E-state index < -0.39 is 0 Å². The van der Waals surface area contributed by atoms with Crippen molar-refractivity contribution in [1.82, 2.24) is 9.88 Å². The van der Waals surface area contributed by atoms with Crippen molar-refractivity contribution in [1.29, 1.82) is 0 Å². The number of carbonyl (C=O) groups is 1. The maximum absolute atomic E-state index is 10.7. The van der Waals surface area contributed by atoms with Crippen LogP contribution in [0.4, 0.5) is 0 Å². The first-order valence-electron chi connectivity index (χ1n) is 5.69. The number of nitrogens with one attached hydrogen (secondary N) is 1. The number of rotatable bonds is 5. The lowest BCUT2D eigenvalue weighted by Gasteiger charge is -2.12. The normalized spacial score (nSPS) is 10.6. The number of nitrogens with zero attached hydrogens (tertiary/aromatic N) is 1. The Morgan fingerprint density at radius 1 is 1.26 bits per heavy atom. The van der Waals surface area contributed by atoms with Crippen LogP contribution in [0.1, 0.15) is 5.69 Å². The molecule has 0 aliphatic rings. The number of aromatic nitrogens is 1. The van der Waals surface area contributed by atoms with Crippen LogP contribution in [-0.2, 0) is 11.3 Å². The van der Waals surface area contributed by atoms with Crippen molar-refractivity contribution in [3.05, 3.63) is 52.3 Å². The highest BCUT2D eigenvalue weighted by Gasteiger charge is 2.09. The summed E-state index contributed by atoms with van der Waals surface area (Å²) in [5.41, 5.74) is 6.84. The molecule has 0 saturated carbocycles. The Balaban J connectivity index is 2.24. The van der Waals surface area contributed by atoms with E-state index in [1.54, 1.807) is 6.07 Å². The van der Waals surface area contributed by atoms with Gasteiger partial charge in [0, 0.05) is 18.4 Å². The molecule has 2 aromatic rings. The van der Waals surface area contributed by atoms with E-state index in [0.717, 1.165) is 11.4 Å². The summed E-state index contributed by atoms with van der Waals surface area (Å²) in [7, 11) is 0. The Morgan fingerprint density at radius 3 is 2.79 bits per heavy atom. The van der Waals surface area contributed by atoms with Crippen molar-refractivity contribution < 1.29 is 4.79 Å². The Hall–Kier alpha value is -1.49. The van der Waals surface area contributed by atoms with Gasteiger partial charge in [-0.15, -0.1) is 0 Å². The van der Waals surface area contributed by atoms with Gasteiger partial charge in [-0.1, -0.05) is 29.3 Å². The number of hydrogen-bond acceptors (Lipinski definition) is 2. The molecule has 4 nitrogen and oxygen atoms in total. The van der Waals surface area contributed by atoms with Crippen molar-refractivity contribution in [2.45, 2.75) is 6.54 Å². The first-order chi connectivity index (χ1) is 9.09.